The number of hydrogen-bond donors (Lipinski definition) is 1. The van der Waals surface area contributed by atoms with Crippen LogP contribution in [0.1, 0.15) is 21.1 Å². The number of anilines is 1. The molecule has 0 unspecified atom stereocenters. The van der Waals surface area contributed by atoms with Crippen molar-refractivity contribution < 1.29 is 9.18 Å². The predicted octanol–water partition coefficient (Wildman–Crippen LogP) is 5.78. The van der Waals surface area contributed by atoms with Gasteiger partial charge in [0.25, 0.3) is 5.91 Å². The molecule has 0 fully saturated rings. The van der Waals surface area contributed by atoms with Crippen LogP contribution in [-0.4, -0.2) is 30.6 Å². The maximum atomic E-state index is 13.8. The van der Waals surface area contributed by atoms with Crippen LogP contribution in [0.25, 0.3) is 17.1 Å². The van der Waals surface area contributed by atoms with Crippen LogP contribution in [0.15, 0.2) is 83.6 Å². The molecule has 1 amide bonds. The SMILES string of the molecule is Cc1ccc(-n2c(SCc3nc(C(=O)Nc4ccccc4F)cs3)nnc2-c2cccnc2)cc1. The van der Waals surface area contributed by atoms with E-state index in [4.69, 9.17) is 0 Å². The molecular formula is C25H19FN6OS2. The van der Waals surface area contributed by atoms with Crippen LogP contribution in [0.4, 0.5) is 10.1 Å². The Bertz CT molecular complexity index is 1470. The van der Waals surface area contributed by atoms with Crippen LogP contribution in [0.2, 0.25) is 0 Å². The molecule has 5 rings (SSSR count). The van der Waals surface area contributed by atoms with E-state index in [0.29, 0.717) is 16.7 Å². The molecule has 0 aliphatic carbocycles. The highest BCUT2D eigenvalue weighted by molar-refractivity contribution is 7.98. The highest BCUT2D eigenvalue weighted by Gasteiger charge is 2.18. The van der Waals surface area contributed by atoms with Gasteiger partial charge in [-0.15, -0.1) is 21.5 Å². The van der Waals surface area contributed by atoms with E-state index < -0.39 is 11.7 Å². The van der Waals surface area contributed by atoms with Crippen LogP contribution in [0.5, 0.6) is 0 Å². The van der Waals surface area contributed by atoms with Gasteiger partial charge in [-0.2, -0.15) is 0 Å². The van der Waals surface area contributed by atoms with Gasteiger partial charge in [-0.05, 0) is 43.3 Å². The van der Waals surface area contributed by atoms with Gasteiger partial charge in [-0.1, -0.05) is 41.6 Å². The molecule has 2 aromatic carbocycles. The second kappa shape index (κ2) is 10.2. The summed E-state index contributed by atoms with van der Waals surface area (Å²) in [5, 5.41) is 14.5. The average Bonchev–Trinajstić information content (AvgIpc) is 3.53. The van der Waals surface area contributed by atoms with Gasteiger partial charge in [0.2, 0.25) is 0 Å². The van der Waals surface area contributed by atoms with Crippen LogP contribution < -0.4 is 5.32 Å². The molecule has 5 aromatic rings. The van der Waals surface area contributed by atoms with Crippen molar-refractivity contribution >= 4 is 34.7 Å². The number of carbonyl (C=O) groups is 1. The zero-order chi connectivity index (χ0) is 24.2. The molecule has 0 atom stereocenters. The van der Waals surface area contributed by atoms with Crippen LogP contribution in [-0.2, 0) is 5.75 Å². The van der Waals surface area contributed by atoms with Gasteiger partial charge < -0.3 is 5.32 Å². The normalized spacial score (nSPS) is 10.9. The Morgan fingerprint density at radius 2 is 1.91 bits per heavy atom. The Balaban J connectivity index is 1.36. The molecule has 0 saturated carbocycles. The fourth-order valence-electron chi connectivity index (χ4n) is 3.33. The van der Waals surface area contributed by atoms with Gasteiger partial charge in [0.05, 0.1) is 11.4 Å². The molecule has 0 bridgehead atoms. The highest BCUT2D eigenvalue weighted by Crippen LogP contribution is 2.30. The first-order chi connectivity index (χ1) is 17.1. The van der Waals surface area contributed by atoms with Crippen molar-refractivity contribution in [2.24, 2.45) is 0 Å². The third kappa shape index (κ3) is 5.13. The summed E-state index contributed by atoms with van der Waals surface area (Å²) in [6.45, 7) is 2.04. The lowest BCUT2D eigenvalue weighted by molar-refractivity contribution is 0.102. The summed E-state index contributed by atoms with van der Waals surface area (Å²) >= 11 is 2.84. The third-order valence-electron chi connectivity index (χ3n) is 5.08. The molecule has 10 heteroatoms. The van der Waals surface area contributed by atoms with E-state index in [1.54, 1.807) is 29.9 Å². The first kappa shape index (κ1) is 22.9. The minimum Gasteiger partial charge on any atom is -0.318 e. The topological polar surface area (TPSA) is 85.6 Å². The number of thiazole rings is 1. The van der Waals surface area contributed by atoms with Gasteiger partial charge >= 0.3 is 0 Å². The van der Waals surface area contributed by atoms with Crippen molar-refractivity contribution in [2.75, 3.05) is 5.32 Å². The van der Waals surface area contributed by atoms with E-state index in [1.165, 1.54) is 35.2 Å². The Labute approximate surface area is 209 Å². The van der Waals surface area contributed by atoms with Crippen molar-refractivity contribution in [3.63, 3.8) is 0 Å². The van der Waals surface area contributed by atoms with Crippen molar-refractivity contribution in [2.45, 2.75) is 17.8 Å². The molecule has 3 aromatic heterocycles. The third-order valence-corrected chi connectivity index (χ3v) is 7.05. The standard InChI is InChI=1S/C25H19FN6OS2/c1-16-8-10-18(11-9-16)32-23(17-5-4-12-27-13-17)30-31-25(32)35-15-22-28-21(14-34-22)24(33)29-20-7-3-2-6-19(20)26/h2-14H,15H2,1H3,(H,29,33). The van der Waals surface area contributed by atoms with Crippen molar-refractivity contribution in [3.8, 4) is 17.1 Å². The summed E-state index contributed by atoms with van der Waals surface area (Å²) in [7, 11) is 0. The Kier molecular flexibility index (Phi) is 6.64. The van der Waals surface area contributed by atoms with Gasteiger partial charge in [0.1, 0.15) is 16.5 Å². The molecule has 174 valence electrons. The summed E-state index contributed by atoms with van der Waals surface area (Å²) in [6.07, 6.45) is 3.47. The lowest BCUT2D eigenvalue weighted by Gasteiger charge is -2.10. The quantitative estimate of drug-likeness (QED) is 0.284. The summed E-state index contributed by atoms with van der Waals surface area (Å²) in [5.41, 5.74) is 3.31. The number of amides is 1. The number of aryl methyl sites for hydroxylation is 1. The van der Waals surface area contributed by atoms with Crippen LogP contribution >= 0.6 is 23.1 Å². The molecule has 35 heavy (non-hydrogen) atoms. The van der Waals surface area contributed by atoms with Crippen molar-refractivity contribution in [3.05, 3.63) is 101 Å². The smallest absolute Gasteiger partial charge is 0.275 e. The molecule has 1 N–H and O–H groups in total. The summed E-state index contributed by atoms with van der Waals surface area (Å²) < 4.78 is 15.8. The molecule has 0 radical (unpaired) electrons. The number of carbonyl (C=O) groups excluding carboxylic acids is 1. The predicted molar refractivity (Wildman–Crippen MR) is 135 cm³/mol. The zero-order valence-corrected chi connectivity index (χ0v) is 20.2. The number of pyridine rings is 1. The van der Waals surface area contributed by atoms with E-state index in [1.807, 2.05) is 47.9 Å². The van der Waals surface area contributed by atoms with Crippen molar-refractivity contribution in [1.29, 1.82) is 0 Å². The fourth-order valence-corrected chi connectivity index (χ4v) is 5.07. The van der Waals surface area contributed by atoms with Gasteiger partial charge in [-0.3, -0.25) is 14.3 Å². The summed E-state index contributed by atoms with van der Waals surface area (Å²) in [5.74, 6) is 0.235. The largest absolute Gasteiger partial charge is 0.318 e. The summed E-state index contributed by atoms with van der Waals surface area (Å²) in [4.78, 5) is 21.1. The maximum absolute atomic E-state index is 13.8. The number of aromatic nitrogens is 5. The van der Waals surface area contributed by atoms with E-state index in [2.05, 4.69) is 25.5 Å². The van der Waals surface area contributed by atoms with Crippen LogP contribution in [0.3, 0.4) is 0 Å². The summed E-state index contributed by atoms with van der Waals surface area (Å²) in [6, 6.07) is 18.0. The van der Waals surface area contributed by atoms with Gasteiger partial charge in [0, 0.05) is 29.0 Å². The Hall–Kier alpha value is -3.89. The first-order valence-electron chi connectivity index (χ1n) is 10.6. The molecule has 0 aliphatic heterocycles. The van der Waals surface area contributed by atoms with Gasteiger partial charge in [0.15, 0.2) is 11.0 Å². The Morgan fingerprint density at radius 3 is 2.69 bits per heavy atom. The lowest BCUT2D eigenvalue weighted by Crippen LogP contribution is -2.13. The average molecular weight is 503 g/mol. The maximum Gasteiger partial charge on any atom is 0.275 e. The molecule has 0 spiro atoms. The molecule has 7 nitrogen and oxygen atoms in total. The molecule has 3 heterocycles. The number of para-hydroxylation sites is 1. The number of halogens is 1. The van der Waals surface area contributed by atoms with Crippen molar-refractivity contribution in [1.82, 2.24) is 24.7 Å². The second-order valence-corrected chi connectivity index (χ2v) is 9.45. The van der Waals surface area contributed by atoms with Gasteiger partial charge in [-0.25, -0.2) is 9.37 Å². The molecule has 0 aliphatic rings. The number of nitrogens with zero attached hydrogens (tertiary/aromatic N) is 5. The first-order valence-corrected chi connectivity index (χ1v) is 12.5. The fraction of sp³-hybridized carbons (Fsp3) is 0.0800. The van der Waals surface area contributed by atoms with E-state index in [-0.39, 0.29) is 11.4 Å². The number of thioether (sulfide) groups is 1. The monoisotopic (exact) mass is 502 g/mol. The molecular weight excluding hydrogens is 483 g/mol. The Morgan fingerprint density at radius 1 is 1.09 bits per heavy atom. The van der Waals surface area contributed by atoms with E-state index >= 15 is 0 Å². The lowest BCUT2D eigenvalue weighted by atomic mass is 10.2. The zero-order valence-electron chi connectivity index (χ0n) is 18.6. The number of nitrogens with one attached hydrogen (secondary N) is 1. The number of benzene rings is 2. The number of rotatable bonds is 7. The van der Waals surface area contributed by atoms with Crippen LogP contribution in [0, 0.1) is 12.7 Å². The highest BCUT2D eigenvalue weighted by atomic mass is 32.2. The number of hydrogen-bond acceptors (Lipinski definition) is 7. The minimum absolute atomic E-state index is 0.121. The van der Waals surface area contributed by atoms with E-state index in [0.717, 1.165) is 21.8 Å². The minimum atomic E-state index is -0.494. The van der Waals surface area contributed by atoms with E-state index in [9.17, 15) is 9.18 Å². The molecule has 0 saturated heterocycles. The second-order valence-electron chi connectivity index (χ2n) is 7.57.